The van der Waals surface area contributed by atoms with Crippen molar-refractivity contribution in [3.8, 4) is 0 Å². The normalized spacial score (nSPS) is 38.8. The molecule has 7 atom stereocenters. The summed E-state index contributed by atoms with van der Waals surface area (Å²) in [6.07, 6.45) is 12.9. The van der Waals surface area contributed by atoms with Crippen LogP contribution in [0.15, 0.2) is 16.8 Å². The largest absolute Gasteiger partial charge is 0.480 e. The molecule has 8 heteroatoms. The topological polar surface area (TPSA) is 108 Å². The Balaban J connectivity index is 1.36. The molecule has 4 aliphatic rings. The minimum atomic E-state index is -1.03. The van der Waals surface area contributed by atoms with Gasteiger partial charge in [-0.15, -0.1) is 0 Å². The summed E-state index contributed by atoms with van der Waals surface area (Å²) in [5.41, 5.74) is 2.61. The zero-order valence-electron chi connectivity index (χ0n) is 20.7. The summed E-state index contributed by atoms with van der Waals surface area (Å²) < 4.78 is 0. The molecule has 0 bridgehead atoms. The molecule has 4 rings (SSSR count). The zero-order valence-corrected chi connectivity index (χ0v) is 21.5. The van der Waals surface area contributed by atoms with E-state index >= 15 is 0 Å². The highest BCUT2D eigenvalue weighted by atomic mass is 32.2. The lowest BCUT2D eigenvalue weighted by atomic mass is 9.47. The SMILES string of the molecule is CSCC[C@H](NC(=O)CO/N=C1/C=C2CC[C@@H]3[C@@H]4CC[C@H](O)[C@@]4(C)CC[C@@H]3[C@@]2(C)CC1)C(=O)O. The number of hydrogen-bond acceptors (Lipinski definition) is 6. The van der Waals surface area contributed by atoms with Gasteiger partial charge >= 0.3 is 5.97 Å². The number of allylic oxidation sites excluding steroid dienone is 2. The Morgan fingerprint density at radius 1 is 1.21 bits per heavy atom. The van der Waals surface area contributed by atoms with Crippen molar-refractivity contribution in [2.24, 2.45) is 33.7 Å². The summed E-state index contributed by atoms with van der Waals surface area (Å²) in [4.78, 5) is 28.8. The lowest BCUT2D eigenvalue weighted by molar-refractivity contribution is -0.142. The van der Waals surface area contributed by atoms with E-state index in [0.717, 1.165) is 44.2 Å². The first kappa shape index (κ1) is 25.5. The van der Waals surface area contributed by atoms with Gasteiger partial charge in [0.05, 0.1) is 11.8 Å². The minimum Gasteiger partial charge on any atom is -0.480 e. The molecule has 0 spiro atoms. The predicted molar refractivity (Wildman–Crippen MR) is 134 cm³/mol. The number of fused-ring (bicyclic) bond motifs is 5. The van der Waals surface area contributed by atoms with Crippen molar-refractivity contribution in [3.05, 3.63) is 11.6 Å². The highest BCUT2D eigenvalue weighted by Crippen LogP contribution is 2.65. The van der Waals surface area contributed by atoms with Gasteiger partial charge in [-0.1, -0.05) is 24.6 Å². The second-order valence-electron chi connectivity index (χ2n) is 11.2. The second kappa shape index (κ2) is 10.2. The molecule has 3 fully saturated rings. The van der Waals surface area contributed by atoms with Crippen molar-refractivity contribution in [2.45, 2.75) is 83.8 Å². The fourth-order valence-electron chi connectivity index (χ4n) is 7.52. The predicted octanol–water partition coefficient (Wildman–Crippen LogP) is 4.01. The van der Waals surface area contributed by atoms with Gasteiger partial charge in [0.2, 0.25) is 0 Å². The zero-order chi connectivity index (χ0) is 24.5. The molecule has 7 nitrogen and oxygen atoms in total. The van der Waals surface area contributed by atoms with Crippen LogP contribution in [0.2, 0.25) is 0 Å². The van der Waals surface area contributed by atoms with E-state index in [4.69, 9.17) is 4.84 Å². The lowest BCUT2D eigenvalue weighted by Gasteiger charge is -2.57. The number of rotatable bonds is 8. The summed E-state index contributed by atoms with van der Waals surface area (Å²) >= 11 is 1.55. The Bertz CT molecular complexity index is 860. The average molecular weight is 493 g/mol. The van der Waals surface area contributed by atoms with Crippen molar-refractivity contribution < 1.29 is 24.6 Å². The molecule has 190 valence electrons. The van der Waals surface area contributed by atoms with Gasteiger partial charge in [-0.2, -0.15) is 11.8 Å². The number of aliphatic carboxylic acids is 1. The van der Waals surface area contributed by atoms with E-state index in [1.54, 1.807) is 11.8 Å². The van der Waals surface area contributed by atoms with E-state index < -0.39 is 17.9 Å². The van der Waals surface area contributed by atoms with Crippen molar-refractivity contribution in [1.82, 2.24) is 5.32 Å². The Labute approximate surface area is 207 Å². The third kappa shape index (κ3) is 4.77. The molecule has 34 heavy (non-hydrogen) atoms. The molecule has 0 radical (unpaired) electrons. The summed E-state index contributed by atoms with van der Waals surface area (Å²) in [5, 5.41) is 26.6. The van der Waals surface area contributed by atoms with E-state index in [-0.39, 0.29) is 23.5 Å². The van der Waals surface area contributed by atoms with Crippen LogP contribution in [0.25, 0.3) is 0 Å². The molecular weight excluding hydrogens is 452 g/mol. The molecule has 0 aromatic heterocycles. The van der Waals surface area contributed by atoms with Crippen LogP contribution in [0.5, 0.6) is 0 Å². The third-order valence-corrected chi connectivity index (χ3v) is 10.2. The van der Waals surface area contributed by atoms with Crippen LogP contribution in [0.3, 0.4) is 0 Å². The Morgan fingerprint density at radius 3 is 2.74 bits per heavy atom. The quantitative estimate of drug-likeness (QED) is 0.442. The average Bonchev–Trinajstić information content (AvgIpc) is 3.11. The van der Waals surface area contributed by atoms with Gasteiger partial charge in [-0.3, -0.25) is 4.79 Å². The molecule has 0 aromatic rings. The van der Waals surface area contributed by atoms with Crippen LogP contribution in [0.1, 0.15) is 71.6 Å². The minimum absolute atomic E-state index is 0.101. The van der Waals surface area contributed by atoms with Gasteiger partial charge in [0.1, 0.15) is 6.04 Å². The number of carbonyl (C=O) groups is 2. The van der Waals surface area contributed by atoms with Crippen molar-refractivity contribution in [2.75, 3.05) is 18.6 Å². The van der Waals surface area contributed by atoms with E-state index in [1.165, 1.54) is 18.4 Å². The van der Waals surface area contributed by atoms with Gasteiger partial charge in [0.25, 0.3) is 5.91 Å². The van der Waals surface area contributed by atoms with Crippen LogP contribution in [-0.2, 0) is 14.4 Å². The van der Waals surface area contributed by atoms with Gasteiger partial charge < -0.3 is 20.4 Å². The number of hydrogen-bond donors (Lipinski definition) is 3. The molecule has 0 aromatic carbocycles. The number of carboxylic acid groups (broad SMARTS) is 1. The lowest BCUT2D eigenvalue weighted by Crippen LogP contribution is -2.51. The maximum atomic E-state index is 12.1. The first-order chi connectivity index (χ1) is 16.2. The van der Waals surface area contributed by atoms with Gasteiger partial charge in [-0.05, 0) is 104 Å². The molecule has 0 heterocycles. The molecule has 0 unspecified atom stereocenters. The molecule has 0 saturated heterocycles. The van der Waals surface area contributed by atoms with Gasteiger partial charge in [0, 0.05) is 0 Å². The monoisotopic (exact) mass is 492 g/mol. The summed E-state index contributed by atoms with van der Waals surface area (Å²) in [7, 11) is 0. The van der Waals surface area contributed by atoms with E-state index in [9.17, 15) is 19.8 Å². The fraction of sp³-hybridized carbons (Fsp3) is 0.808. The van der Waals surface area contributed by atoms with E-state index in [2.05, 4.69) is 30.4 Å². The summed E-state index contributed by atoms with van der Waals surface area (Å²) in [6.45, 7) is 4.47. The molecule has 1 amide bonds. The number of carbonyl (C=O) groups excluding carboxylic acids is 1. The van der Waals surface area contributed by atoms with Gasteiger partial charge in [0.15, 0.2) is 6.61 Å². The standard InChI is InChI=1S/C26H40N2O5S/c1-25-11-8-17(28-33-15-23(30)27-21(24(31)32)10-13-34-3)14-16(25)4-5-18-19-6-7-22(29)26(19,2)12-9-20(18)25/h14,18-22,29H,4-13,15H2,1-3H3,(H,27,30)(H,31,32)/b28-17+/t18-,19+,20+,21+,22+,25+,26+/m1/s1. The smallest absolute Gasteiger partial charge is 0.326 e. The highest BCUT2D eigenvalue weighted by Gasteiger charge is 2.58. The molecule has 3 saturated carbocycles. The van der Waals surface area contributed by atoms with Crippen LogP contribution in [0, 0.1) is 28.6 Å². The Hall–Kier alpha value is -1.54. The number of carboxylic acids is 1. The van der Waals surface area contributed by atoms with Crippen molar-refractivity contribution in [1.29, 1.82) is 0 Å². The number of thioether (sulfide) groups is 1. The Morgan fingerprint density at radius 2 is 2.00 bits per heavy atom. The maximum Gasteiger partial charge on any atom is 0.326 e. The van der Waals surface area contributed by atoms with Gasteiger partial charge in [-0.25, -0.2) is 4.79 Å². The first-order valence-electron chi connectivity index (χ1n) is 12.8. The number of oxime groups is 1. The molecule has 3 N–H and O–H groups in total. The molecule has 4 aliphatic carbocycles. The van der Waals surface area contributed by atoms with Crippen molar-refractivity contribution in [3.63, 3.8) is 0 Å². The molecule has 0 aliphatic heterocycles. The Kier molecular flexibility index (Phi) is 7.67. The number of amides is 1. The van der Waals surface area contributed by atoms with Crippen LogP contribution < -0.4 is 5.32 Å². The van der Waals surface area contributed by atoms with Crippen molar-refractivity contribution >= 4 is 29.4 Å². The number of nitrogens with zero attached hydrogens (tertiary/aromatic N) is 1. The molecular formula is C26H40N2O5S. The van der Waals surface area contributed by atoms with E-state index in [0.29, 0.717) is 29.9 Å². The third-order valence-electron chi connectivity index (χ3n) is 9.55. The number of aliphatic hydroxyl groups is 1. The van der Waals surface area contributed by atoms with Crippen LogP contribution in [-0.4, -0.2) is 58.6 Å². The van der Waals surface area contributed by atoms with Crippen LogP contribution in [0.4, 0.5) is 0 Å². The number of nitrogens with one attached hydrogen (secondary N) is 1. The number of aliphatic hydroxyl groups excluding tert-OH is 1. The highest BCUT2D eigenvalue weighted by molar-refractivity contribution is 7.98. The van der Waals surface area contributed by atoms with Crippen LogP contribution >= 0.6 is 11.8 Å². The summed E-state index contributed by atoms with van der Waals surface area (Å²) in [5.74, 6) is 1.17. The second-order valence-corrected chi connectivity index (χ2v) is 12.2. The van der Waals surface area contributed by atoms with E-state index in [1.807, 2.05) is 6.26 Å². The maximum absolute atomic E-state index is 12.1. The first-order valence-corrected chi connectivity index (χ1v) is 14.2. The summed E-state index contributed by atoms with van der Waals surface area (Å²) in [6, 6.07) is -0.901. The fourth-order valence-corrected chi connectivity index (χ4v) is 7.99.